The van der Waals surface area contributed by atoms with Gasteiger partial charge in [-0.2, -0.15) is 0 Å². The third kappa shape index (κ3) is 4.75. The molecule has 1 N–H and O–H groups in total. The molecule has 1 fully saturated rings. The Kier molecular flexibility index (Phi) is 7.12. The summed E-state index contributed by atoms with van der Waals surface area (Å²) in [4.78, 5) is 43.1. The van der Waals surface area contributed by atoms with Crippen molar-refractivity contribution in [2.45, 2.75) is 64.2 Å². The van der Waals surface area contributed by atoms with E-state index in [9.17, 15) is 14.4 Å². The quantitative estimate of drug-likeness (QED) is 0.637. The summed E-state index contributed by atoms with van der Waals surface area (Å²) < 4.78 is 6.56. The van der Waals surface area contributed by atoms with Gasteiger partial charge in [0.05, 0.1) is 18.8 Å². The lowest BCUT2D eigenvalue weighted by atomic mass is 9.71. The largest absolute Gasteiger partial charge is 0.370 e. The number of carbonyl (C=O) groups is 3. The molecule has 1 spiro atoms. The number of amides is 2. The first-order valence-corrected chi connectivity index (χ1v) is 12.0. The van der Waals surface area contributed by atoms with E-state index in [1.165, 1.54) is 6.92 Å². The minimum Gasteiger partial charge on any atom is -0.370 e. The molecule has 7 nitrogen and oxygen atoms in total. The smallest absolute Gasteiger partial charge is 0.289 e. The van der Waals surface area contributed by atoms with Gasteiger partial charge in [-0.1, -0.05) is 38.1 Å². The van der Waals surface area contributed by atoms with Crippen molar-refractivity contribution < 1.29 is 19.1 Å². The first-order valence-electron chi connectivity index (χ1n) is 12.0. The number of hydrogen-bond acceptors (Lipinski definition) is 5. The average molecular weight is 464 g/mol. The molecule has 180 valence electrons. The number of rotatable bonds is 7. The molecule has 1 saturated heterocycles. The number of piperidine rings is 1. The highest BCUT2D eigenvalue weighted by atomic mass is 16.5. The van der Waals surface area contributed by atoms with Crippen LogP contribution in [-0.2, 0) is 31.1 Å². The highest BCUT2D eigenvalue weighted by Crippen LogP contribution is 2.52. The van der Waals surface area contributed by atoms with Gasteiger partial charge in [-0.05, 0) is 47.6 Å². The molecule has 1 aliphatic heterocycles. The van der Waals surface area contributed by atoms with Crippen LogP contribution in [0.5, 0.6) is 0 Å². The molecule has 1 aromatic carbocycles. The van der Waals surface area contributed by atoms with Crippen LogP contribution in [0.4, 0.5) is 0 Å². The van der Waals surface area contributed by atoms with Crippen molar-refractivity contribution >= 4 is 17.6 Å². The number of likely N-dealkylation sites (tertiary alicyclic amines) is 1. The Morgan fingerprint density at radius 2 is 1.79 bits per heavy atom. The molecule has 4 rings (SSSR count). The van der Waals surface area contributed by atoms with E-state index < -0.39 is 0 Å². The maximum atomic E-state index is 12.8. The van der Waals surface area contributed by atoms with Crippen LogP contribution in [0.1, 0.15) is 62.8 Å². The summed E-state index contributed by atoms with van der Waals surface area (Å²) >= 11 is 0. The van der Waals surface area contributed by atoms with Gasteiger partial charge in [-0.3, -0.25) is 19.4 Å². The molecule has 0 saturated carbocycles. The Bertz CT molecular complexity index is 1040. The van der Waals surface area contributed by atoms with Crippen LogP contribution in [-0.4, -0.2) is 46.7 Å². The number of carbonyl (C=O) groups excluding carboxylic acids is 3. The molecule has 2 amide bonds. The van der Waals surface area contributed by atoms with Crippen LogP contribution in [0.25, 0.3) is 0 Å². The van der Waals surface area contributed by atoms with Crippen LogP contribution in [0.3, 0.4) is 0 Å². The van der Waals surface area contributed by atoms with E-state index >= 15 is 0 Å². The summed E-state index contributed by atoms with van der Waals surface area (Å²) in [5.74, 6) is -0.665. The van der Waals surface area contributed by atoms with Gasteiger partial charge in [0.15, 0.2) is 0 Å². The Morgan fingerprint density at radius 1 is 1.12 bits per heavy atom. The van der Waals surface area contributed by atoms with Crippen molar-refractivity contribution in [3.8, 4) is 0 Å². The maximum absolute atomic E-state index is 12.8. The van der Waals surface area contributed by atoms with E-state index in [0.717, 1.165) is 16.7 Å². The first-order chi connectivity index (χ1) is 16.3. The van der Waals surface area contributed by atoms with E-state index in [0.29, 0.717) is 32.5 Å². The molecular weight excluding hydrogens is 430 g/mol. The molecule has 0 unspecified atom stereocenters. The Hall–Kier alpha value is -3.06. The molecule has 2 aliphatic rings. The van der Waals surface area contributed by atoms with Crippen LogP contribution in [0.2, 0.25) is 0 Å². The monoisotopic (exact) mass is 463 g/mol. The summed E-state index contributed by atoms with van der Waals surface area (Å²) in [6, 6.07) is 11.7. The first kappa shape index (κ1) is 24.1. The third-order valence-corrected chi connectivity index (χ3v) is 6.99. The normalized spacial score (nSPS) is 20.9. The second-order valence-corrected chi connectivity index (χ2v) is 9.82. The lowest BCUT2D eigenvalue weighted by Gasteiger charge is -2.44. The molecule has 2 aromatic rings. The lowest BCUT2D eigenvalue weighted by Crippen LogP contribution is -2.52. The Labute approximate surface area is 200 Å². The van der Waals surface area contributed by atoms with Gasteiger partial charge >= 0.3 is 0 Å². The van der Waals surface area contributed by atoms with E-state index in [-0.39, 0.29) is 47.5 Å². The topological polar surface area (TPSA) is 88.6 Å². The molecule has 2 atom stereocenters. The number of aromatic nitrogens is 1. The van der Waals surface area contributed by atoms with E-state index in [1.807, 2.05) is 38.1 Å². The number of ketones is 1. The predicted octanol–water partition coefficient (Wildman–Crippen LogP) is 3.33. The molecule has 0 bridgehead atoms. The van der Waals surface area contributed by atoms with Crippen LogP contribution >= 0.6 is 0 Å². The van der Waals surface area contributed by atoms with Gasteiger partial charge in [0, 0.05) is 44.2 Å². The van der Waals surface area contributed by atoms with Crippen molar-refractivity contribution in [2.24, 2.45) is 5.92 Å². The minimum atomic E-state index is -0.387. The van der Waals surface area contributed by atoms with E-state index in [2.05, 4.69) is 22.4 Å². The third-order valence-electron chi connectivity index (χ3n) is 6.99. The van der Waals surface area contributed by atoms with Gasteiger partial charge in [-0.25, -0.2) is 0 Å². The maximum Gasteiger partial charge on any atom is 0.289 e. The fourth-order valence-corrected chi connectivity index (χ4v) is 5.45. The van der Waals surface area contributed by atoms with Crippen molar-refractivity contribution in [3.63, 3.8) is 0 Å². The predicted molar refractivity (Wildman–Crippen MR) is 128 cm³/mol. The fraction of sp³-hybridized carbons (Fsp3) is 0.481. The number of Topliss-reactive ketones (excluding diaryl/α,β-unsaturated/α-hetero) is 1. The molecule has 34 heavy (non-hydrogen) atoms. The molecule has 1 aromatic heterocycles. The number of hydrogen-bond donors (Lipinski definition) is 1. The summed E-state index contributed by atoms with van der Waals surface area (Å²) in [6.07, 6.45) is 4.79. The van der Waals surface area contributed by atoms with Gasteiger partial charge in [0.25, 0.3) is 5.91 Å². The van der Waals surface area contributed by atoms with Gasteiger partial charge in [0.1, 0.15) is 0 Å². The Morgan fingerprint density at radius 3 is 2.44 bits per heavy atom. The van der Waals surface area contributed by atoms with Gasteiger partial charge in [0.2, 0.25) is 11.7 Å². The standard InChI is InChI=1S/C27H33N3O4/c1-18(2)16-23(32)26(33)30-14-10-27(11-15-30)22-7-5-4-6-21(22)24(29-19(3)31)25(27)34-17-20-8-12-28-13-9-20/h4-9,12-13,18,24-25H,10-11,14-17H2,1-3H3,(H,29,31)/t24-,25+/m0/s1. The minimum absolute atomic E-state index is 0.110. The Balaban J connectivity index is 1.61. The van der Waals surface area contributed by atoms with Gasteiger partial charge in [-0.15, -0.1) is 0 Å². The number of fused-ring (bicyclic) bond motifs is 2. The van der Waals surface area contributed by atoms with Crippen molar-refractivity contribution in [3.05, 3.63) is 65.5 Å². The van der Waals surface area contributed by atoms with Crippen LogP contribution in [0.15, 0.2) is 48.8 Å². The molecule has 2 heterocycles. The zero-order chi connectivity index (χ0) is 24.3. The lowest BCUT2D eigenvalue weighted by molar-refractivity contribution is -0.147. The average Bonchev–Trinajstić information content (AvgIpc) is 3.06. The number of pyridine rings is 1. The number of benzene rings is 1. The van der Waals surface area contributed by atoms with Crippen molar-refractivity contribution in [2.75, 3.05) is 13.1 Å². The summed E-state index contributed by atoms with van der Waals surface area (Å²) in [6.45, 7) is 6.78. The van der Waals surface area contributed by atoms with E-state index in [1.54, 1.807) is 17.3 Å². The zero-order valence-electron chi connectivity index (χ0n) is 20.1. The highest BCUT2D eigenvalue weighted by Gasteiger charge is 2.54. The van der Waals surface area contributed by atoms with Crippen molar-refractivity contribution in [1.29, 1.82) is 0 Å². The molecule has 1 aliphatic carbocycles. The zero-order valence-corrected chi connectivity index (χ0v) is 20.1. The summed E-state index contributed by atoms with van der Waals surface area (Å²) in [5, 5.41) is 3.12. The SMILES string of the molecule is CC(=O)N[C@H]1c2ccccc2C2(CCN(C(=O)C(=O)CC(C)C)CC2)[C@@H]1OCc1ccncc1. The molecular formula is C27H33N3O4. The number of ether oxygens (including phenoxy) is 1. The molecule has 0 radical (unpaired) electrons. The summed E-state index contributed by atoms with van der Waals surface area (Å²) in [5.41, 5.74) is 2.88. The van der Waals surface area contributed by atoms with Crippen molar-refractivity contribution in [1.82, 2.24) is 15.2 Å². The van der Waals surface area contributed by atoms with Gasteiger partial charge < -0.3 is 15.0 Å². The second-order valence-electron chi connectivity index (χ2n) is 9.82. The number of nitrogens with one attached hydrogen (secondary N) is 1. The van der Waals surface area contributed by atoms with E-state index in [4.69, 9.17) is 4.74 Å². The fourth-order valence-electron chi connectivity index (χ4n) is 5.45. The molecule has 7 heteroatoms. The van der Waals surface area contributed by atoms with Crippen LogP contribution in [0, 0.1) is 5.92 Å². The van der Waals surface area contributed by atoms with Crippen LogP contribution < -0.4 is 5.32 Å². The number of nitrogens with zero attached hydrogens (tertiary/aromatic N) is 2. The second kappa shape index (κ2) is 10.1. The highest BCUT2D eigenvalue weighted by molar-refractivity contribution is 6.36. The summed E-state index contributed by atoms with van der Waals surface area (Å²) in [7, 11) is 0.